The molecular formula is C16H31N3O. The van der Waals surface area contributed by atoms with Gasteiger partial charge >= 0.3 is 0 Å². The molecule has 4 heteroatoms. The van der Waals surface area contributed by atoms with E-state index in [1.165, 1.54) is 58.5 Å². The Morgan fingerprint density at radius 1 is 0.800 bits per heavy atom. The van der Waals surface area contributed by atoms with Crippen molar-refractivity contribution in [3.05, 3.63) is 0 Å². The maximum Gasteiger partial charge on any atom is 0.0594 e. The predicted molar refractivity (Wildman–Crippen MR) is 82.0 cm³/mol. The molecule has 0 aromatic carbocycles. The van der Waals surface area contributed by atoms with Crippen molar-refractivity contribution in [1.82, 2.24) is 14.7 Å². The third-order valence-electron chi connectivity index (χ3n) is 5.33. The highest BCUT2D eigenvalue weighted by Crippen LogP contribution is 2.22. The van der Waals surface area contributed by atoms with Gasteiger partial charge in [0.1, 0.15) is 0 Å². The summed E-state index contributed by atoms with van der Waals surface area (Å²) in [5.74, 6) is 1.85. The number of morpholine rings is 1. The largest absolute Gasteiger partial charge is 0.379 e. The van der Waals surface area contributed by atoms with E-state index in [-0.39, 0.29) is 0 Å². The molecule has 0 aliphatic carbocycles. The van der Waals surface area contributed by atoms with Crippen molar-refractivity contribution in [3.63, 3.8) is 0 Å². The van der Waals surface area contributed by atoms with Gasteiger partial charge in [0.05, 0.1) is 13.2 Å². The molecule has 0 aromatic heterocycles. The van der Waals surface area contributed by atoms with E-state index in [9.17, 15) is 0 Å². The van der Waals surface area contributed by atoms with Crippen molar-refractivity contribution in [2.75, 3.05) is 72.6 Å². The van der Waals surface area contributed by atoms with Gasteiger partial charge in [-0.3, -0.25) is 4.90 Å². The lowest BCUT2D eigenvalue weighted by molar-refractivity contribution is 0.0239. The minimum absolute atomic E-state index is 0.926. The van der Waals surface area contributed by atoms with Gasteiger partial charge in [0.15, 0.2) is 0 Å². The van der Waals surface area contributed by atoms with Crippen molar-refractivity contribution in [3.8, 4) is 0 Å². The third kappa shape index (κ3) is 4.17. The number of likely N-dealkylation sites (tertiary alicyclic amines) is 2. The Balaban J connectivity index is 1.34. The van der Waals surface area contributed by atoms with Crippen LogP contribution in [0.5, 0.6) is 0 Å². The molecule has 0 aromatic rings. The predicted octanol–water partition coefficient (Wildman–Crippen LogP) is 0.982. The monoisotopic (exact) mass is 281 g/mol. The SMILES string of the molecule is CN1CCC(CN2CCC(CN3CCOCC3)CC2)C1. The van der Waals surface area contributed by atoms with Gasteiger partial charge in [-0.25, -0.2) is 0 Å². The highest BCUT2D eigenvalue weighted by Gasteiger charge is 2.26. The number of rotatable bonds is 4. The summed E-state index contributed by atoms with van der Waals surface area (Å²) in [5, 5.41) is 0. The molecule has 3 aliphatic heterocycles. The van der Waals surface area contributed by atoms with E-state index in [2.05, 4.69) is 21.7 Å². The van der Waals surface area contributed by atoms with Crippen LogP contribution in [0.25, 0.3) is 0 Å². The summed E-state index contributed by atoms with van der Waals surface area (Å²) in [7, 11) is 2.26. The zero-order chi connectivity index (χ0) is 13.8. The normalized spacial score (nSPS) is 31.9. The summed E-state index contributed by atoms with van der Waals surface area (Å²) in [4.78, 5) is 7.81. The van der Waals surface area contributed by atoms with Crippen LogP contribution in [-0.2, 0) is 4.74 Å². The van der Waals surface area contributed by atoms with E-state index in [4.69, 9.17) is 4.74 Å². The molecule has 0 bridgehead atoms. The van der Waals surface area contributed by atoms with Crippen LogP contribution in [0.4, 0.5) is 0 Å². The highest BCUT2D eigenvalue weighted by molar-refractivity contribution is 4.80. The lowest BCUT2D eigenvalue weighted by atomic mass is 9.95. The van der Waals surface area contributed by atoms with Crippen molar-refractivity contribution >= 4 is 0 Å². The fourth-order valence-corrected chi connectivity index (χ4v) is 4.04. The molecule has 4 nitrogen and oxygen atoms in total. The van der Waals surface area contributed by atoms with Crippen molar-refractivity contribution in [2.45, 2.75) is 19.3 Å². The van der Waals surface area contributed by atoms with E-state index in [1.54, 1.807) is 0 Å². The second-order valence-electron chi connectivity index (χ2n) is 7.07. The zero-order valence-electron chi connectivity index (χ0n) is 13.1. The molecule has 3 aliphatic rings. The lowest BCUT2D eigenvalue weighted by Gasteiger charge is -2.36. The standard InChI is InChI=1S/C16H31N3O/c1-17-5-2-16(12-17)14-18-6-3-15(4-7-18)13-19-8-10-20-11-9-19/h15-16H,2-14H2,1H3. The Hall–Kier alpha value is -0.160. The Morgan fingerprint density at radius 3 is 2.05 bits per heavy atom. The van der Waals surface area contributed by atoms with Crippen LogP contribution >= 0.6 is 0 Å². The van der Waals surface area contributed by atoms with Gasteiger partial charge in [0, 0.05) is 32.7 Å². The van der Waals surface area contributed by atoms with Crippen molar-refractivity contribution in [1.29, 1.82) is 0 Å². The minimum atomic E-state index is 0.926. The van der Waals surface area contributed by atoms with Crippen LogP contribution in [0.15, 0.2) is 0 Å². The number of piperidine rings is 1. The first kappa shape index (κ1) is 14.8. The number of hydrogen-bond donors (Lipinski definition) is 0. The molecule has 0 N–H and O–H groups in total. The van der Waals surface area contributed by atoms with Gasteiger partial charge in [0.25, 0.3) is 0 Å². The van der Waals surface area contributed by atoms with E-state index in [1.807, 2.05) is 0 Å². The molecule has 0 saturated carbocycles. The summed E-state index contributed by atoms with van der Waals surface area (Å²) >= 11 is 0. The summed E-state index contributed by atoms with van der Waals surface area (Å²) in [6.45, 7) is 12.1. The first-order chi connectivity index (χ1) is 9.79. The number of hydrogen-bond acceptors (Lipinski definition) is 4. The molecule has 3 saturated heterocycles. The number of nitrogens with zero attached hydrogens (tertiary/aromatic N) is 3. The smallest absolute Gasteiger partial charge is 0.0594 e. The lowest BCUT2D eigenvalue weighted by Crippen LogP contribution is -2.43. The summed E-state index contributed by atoms with van der Waals surface area (Å²) in [6.07, 6.45) is 4.21. The molecule has 0 spiro atoms. The molecule has 0 amide bonds. The Morgan fingerprint density at radius 2 is 1.40 bits per heavy atom. The van der Waals surface area contributed by atoms with Crippen LogP contribution < -0.4 is 0 Å². The molecule has 1 atom stereocenters. The molecule has 1 unspecified atom stereocenters. The molecular weight excluding hydrogens is 250 g/mol. The van der Waals surface area contributed by atoms with E-state index < -0.39 is 0 Å². The average molecular weight is 281 g/mol. The molecule has 116 valence electrons. The minimum Gasteiger partial charge on any atom is -0.379 e. The molecule has 3 rings (SSSR count). The van der Waals surface area contributed by atoms with Gasteiger partial charge < -0.3 is 14.5 Å². The average Bonchev–Trinajstić information content (AvgIpc) is 2.88. The Labute approximate surface area is 124 Å². The molecule has 3 fully saturated rings. The van der Waals surface area contributed by atoms with Gasteiger partial charge in [-0.1, -0.05) is 0 Å². The fraction of sp³-hybridized carbons (Fsp3) is 1.00. The quantitative estimate of drug-likeness (QED) is 0.765. The first-order valence-corrected chi connectivity index (χ1v) is 8.50. The van der Waals surface area contributed by atoms with Gasteiger partial charge in [-0.05, 0) is 57.8 Å². The maximum absolute atomic E-state index is 5.44. The summed E-state index contributed by atoms with van der Waals surface area (Å²) in [5.41, 5.74) is 0. The van der Waals surface area contributed by atoms with E-state index >= 15 is 0 Å². The number of ether oxygens (including phenoxy) is 1. The third-order valence-corrected chi connectivity index (χ3v) is 5.33. The first-order valence-electron chi connectivity index (χ1n) is 8.50. The Bertz CT molecular complexity index is 271. The van der Waals surface area contributed by atoms with Crippen molar-refractivity contribution < 1.29 is 4.74 Å². The van der Waals surface area contributed by atoms with Crippen molar-refractivity contribution in [2.24, 2.45) is 11.8 Å². The maximum atomic E-state index is 5.44. The van der Waals surface area contributed by atoms with Crippen LogP contribution in [-0.4, -0.2) is 87.3 Å². The summed E-state index contributed by atoms with van der Waals surface area (Å²) < 4.78 is 5.44. The van der Waals surface area contributed by atoms with E-state index in [0.29, 0.717) is 0 Å². The molecule has 3 heterocycles. The highest BCUT2D eigenvalue weighted by atomic mass is 16.5. The second kappa shape index (κ2) is 7.21. The van der Waals surface area contributed by atoms with Crippen LogP contribution in [0.3, 0.4) is 0 Å². The Kier molecular flexibility index (Phi) is 5.32. The van der Waals surface area contributed by atoms with Crippen LogP contribution in [0.1, 0.15) is 19.3 Å². The summed E-state index contributed by atoms with van der Waals surface area (Å²) in [6, 6.07) is 0. The van der Waals surface area contributed by atoms with Gasteiger partial charge in [-0.15, -0.1) is 0 Å². The topological polar surface area (TPSA) is 19.0 Å². The fourth-order valence-electron chi connectivity index (χ4n) is 4.04. The van der Waals surface area contributed by atoms with Crippen LogP contribution in [0.2, 0.25) is 0 Å². The van der Waals surface area contributed by atoms with Gasteiger partial charge in [-0.2, -0.15) is 0 Å². The van der Waals surface area contributed by atoms with Crippen LogP contribution in [0, 0.1) is 11.8 Å². The molecule has 0 radical (unpaired) electrons. The molecule has 20 heavy (non-hydrogen) atoms. The second-order valence-corrected chi connectivity index (χ2v) is 7.07. The zero-order valence-corrected chi connectivity index (χ0v) is 13.1. The van der Waals surface area contributed by atoms with E-state index in [0.717, 1.165) is 38.1 Å². The van der Waals surface area contributed by atoms with Gasteiger partial charge in [0.2, 0.25) is 0 Å².